The molecule has 0 aromatic heterocycles. The molecule has 4 N–H and O–H groups in total. The van der Waals surface area contributed by atoms with Gasteiger partial charge in [-0.15, -0.1) is 0 Å². The first-order valence-corrected chi connectivity index (χ1v) is 6.73. The van der Waals surface area contributed by atoms with Crippen LogP contribution in [0.5, 0.6) is 0 Å². The van der Waals surface area contributed by atoms with E-state index in [1.54, 1.807) is 0 Å². The second-order valence-corrected chi connectivity index (χ2v) is 4.94. The summed E-state index contributed by atoms with van der Waals surface area (Å²) >= 11 is 0. The van der Waals surface area contributed by atoms with Crippen LogP contribution in [0.4, 0.5) is 0 Å². The first-order valence-electron chi connectivity index (χ1n) is 6.73. The number of ether oxygens (including phenoxy) is 1. The Labute approximate surface area is 118 Å². The summed E-state index contributed by atoms with van der Waals surface area (Å²) in [5.74, 6) is 4.86. The monoisotopic (exact) mass is 279 g/mol. The zero-order valence-electron chi connectivity index (χ0n) is 11.4. The van der Waals surface area contributed by atoms with Gasteiger partial charge in [0.25, 0.3) is 0 Å². The highest BCUT2D eigenvalue weighted by Gasteiger charge is 2.22. The van der Waals surface area contributed by atoms with Crippen molar-refractivity contribution in [2.75, 3.05) is 26.4 Å². The summed E-state index contributed by atoms with van der Waals surface area (Å²) in [6.45, 7) is 2.98. The van der Waals surface area contributed by atoms with E-state index >= 15 is 0 Å². The number of carbonyl (C=O) groups is 1. The summed E-state index contributed by atoms with van der Waals surface area (Å²) in [5, 5.41) is 9.33. The first kappa shape index (κ1) is 14.9. The molecule has 1 aliphatic rings. The van der Waals surface area contributed by atoms with Gasteiger partial charge in [-0.2, -0.15) is 0 Å². The van der Waals surface area contributed by atoms with E-state index in [0.29, 0.717) is 13.2 Å². The summed E-state index contributed by atoms with van der Waals surface area (Å²) in [7, 11) is 0. The lowest BCUT2D eigenvalue weighted by molar-refractivity contribution is -0.120. The van der Waals surface area contributed by atoms with Gasteiger partial charge in [-0.05, 0) is 11.1 Å². The fourth-order valence-corrected chi connectivity index (χ4v) is 2.30. The van der Waals surface area contributed by atoms with E-state index in [1.807, 2.05) is 24.3 Å². The SMILES string of the molecule is NNC(=O)Cc1ccc(CN2CCOCC2CO)cc1. The number of nitrogens with one attached hydrogen (secondary N) is 1. The number of nitrogens with two attached hydrogens (primary N) is 1. The molecule has 110 valence electrons. The number of benzene rings is 1. The van der Waals surface area contributed by atoms with Crippen LogP contribution in [-0.2, 0) is 22.5 Å². The number of carbonyl (C=O) groups excluding carboxylic acids is 1. The molecule has 1 saturated heterocycles. The van der Waals surface area contributed by atoms with Crippen LogP contribution in [0.25, 0.3) is 0 Å². The van der Waals surface area contributed by atoms with Gasteiger partial charge in [-0.25, -0.2) is 5.84 Å². The maximum atomic E-state index is 11.2. The fourth-order valence-electron chi connectivity index (χ4n) is 2.30. The molecule has 1 unspecified atom stereocenters. The molecule has 0 bridgehead atoms. The maximum absolute atomic E-state index is 11.2. The lowest BCUT2D eigenvalue weighted by Gasteiger charge is -2.34. The number of morpholine rings is 1. The highest BCUT2D eigenvalue weighted by Crippen LogP contribution is 2.13. The van der Waals surface area contributed by atoms with Crippen molar-refractivity contribution in [3.63, 3.8) is 0 Å². The van der Waals surface area contributed by atoms with Crippen molar-refractivity contribution in [3.8, 4) is 0 Å². The fraction of sp³-hybridized carbons (Fsp3) is 0.500. The smallest absolute Gasteiger partial charge is 0.238 e. The second-order valence-electron chi connectivity index (χ2n) is 4.94. The van der Waals surface area contributed by atoms with Gasteiger partial charge in [0.2, 0.25) is 5.91 Å². The molecule has 1 heterocycles. The zero-order chi connectivity index (χ0) is 14.4. The van der Waals surface area contributed by atoms with Crippen LogP contribution in [0.15, 0.2) is 24.3 Å². The van der Waals surface area contributed by atoms with Crippen molar-refractivity contribution in [1.82, 2.24) is 10.3 Å². The van der Waals surface area contributed by atoms with Gasteiger partial charge in [-0.3, -0.25) is 15.1 Å². The third kappa shape index (κ3) is 4.01. The molecule has 0 aliphatic carbocycles. The normalized spacial score (nSPS) is 19.8. The van der Waals surface area contributed by atoms with Crippen molar-refractivity contribution >= 4 is 5.91 Å². The van der Waals surface area contributed by atoms with Gasteiger partial charge in [0.1, 0.15) is 0 Å². The molecule has 0 radical (unpaired) electrons. The van der Waals surface area contributed by atoms with Crippen LogP contribution in [0.2, 0.25) is 0 Å². The third-order valence-corrected chi connectivity index (χ3v) is 3.49. The minimum atomic E-state index is -0.203. The van der Waals surface area contributed by atoms with Crippen LogP contribution < -0.4 is 11.3 Å². The Kier molecular flexibility index (Phi) is 5.49. The number of hydrogen-bond acceptors (Lipinski definition) is 5. The molecule has 1 fully saturated rings. The minimum Gasteiger partial charge on any atom is -0.395 e. The van der Waals surface area contributed by atoms with Crippen molar-refractivity contribution in [1.29, 1.82) is 0 Å². The topological polar surface area (TPSA) is 87.8 Å². The Hall–Kier alpha value is -1.47. The number of amides is 1. The second kappa shape index (κ2) is 7.35. The number of nitrogens with zero attached hydrogens (tertiary/aromatic N) is 1. The Bertz CT molecular complexity index is 436. The summed E-state index contributed by atoms with van der Waals surface area (Å²) in [6, 6.07) is 7.93. The number of aliphatic hydroxyl groups excluding tert-OH is 1. The summed E-state index contributed by atoms with van der Waals surface area (Å²) in [6.07, 6.45) is 0.285. The van der Waals surface area contributed by atoms with E-state index in [1.165, 1.54) is 0 Å². The van der Waals surface area contributed by atoms with Crippen LogP contribution in [0.3, 0.4) is 0 Å². The average molecular weight is 279 g/mol. The standard InChI is InChI=1S/C14H21N3O3/c15-16-14(19)7-11-1-3-12(4-2-11)8-17-5-6-20-10-13(17)9-18/h1-4,13,18H,5-10,15H2,(H,16,19). The van der Waals surface area contributed by atoms with Gasteiger partial charge in [-0.1, -0.05) is 24.3 Å². The molecular weight excluding hydrogens is 258 g/mol. The highest BCUT2D eigenvalue weighted by atomic mass is 16.5. The van der Waals surface area contributed by atoms with Crippen LogP contribution in [-0.4, -0.2) is 48.3 Å². The van der Waals surface area contributed by atoms with Crippen molar-refractivity contribution in [2.45, 2.75) is 19.0 Å². The molecule has 1 aliphatic heterocycles. The molecule has 0 saturated carbocycles. The van der Waals surface area contributed by atoms with Crippen LogP contribution >= 0.6 is 0 Å². The zero-order valence-corrected chi connectivity index (χ0v) is 11.4. The quantitative estimate of drug-likeness (QED) is 0.381. The van der Waals surface area contributed by atoms with Crippen molar-refractivity contribution < 1.29 is 14.6 Å². The molecule has 6 heteroatoms. The van der Waals surface area contributed by atoms with Gasteiger partial charge in [0.15, 0.2) is 0 Å². The molecule has 2 rings (SSSR count). The number of rotatable bonds is 5. The molecule has 1 atom stereocenters. The molecule has 1 aromatic rings. The predicted octanol–water partition coefficient (Wildman–Crippen LogP) is -0.588. The molecule has 1 amide bonds. The largest absolute Gasteiger partial charge is 0.395 e. The van der Waals surface area contributed by atoms with Crippen LogP contribution in [0.1, 0.15) is 11.1 Å². The predicted molar refractivity (Wildman–Crippen MR) is 74.6 cm³/mol. The Morgan fingerprint density at radius 1 is 1.40 bits per heavy atom. The summed E-state index contributed by atoms with van der Waals surface area (Å²) in [5.41, 5.74) is 4.20. The lowest BCUT2D eigenvalue weighted by atomic mass is 10.1. The number of aliphatic hydroxyl groups is 1. The molecular formula is C14H21N3O3. The van der Waals surface area contributed by atoms with Crippen LogP contribution in [0, 0.1) is 0 Å². The maximum Gasteiger partial charge on any atom is 0.238 e. The van der Waals surface area contributed by atoms with E-state index in [-0.39, 0.29) is 25.0 Å². The van der Waals surface area contributed by atoms with E-state index in [0.717, 1.165) is 24.2 Å². The Morgan fingerprint density at radius 2 is 2.10 bits per heavy atom. The van der Waals surface area contributed by atoms with E-state index in [2.05, 4.69) is 10.3 Å². The van der Waals surface area contributed by atoms with Gasteiger partial charge in [0, 0.05) is 13.1 Å². The summed E-state index contributed by atoms with van der Waals surface area (Å²) in [4.78, 5) is 13.4. The van der Waals surface area contributed by atoms with Gasteiger partial charge < -0.3 is 9.84 Å². The Balaban J connectivity index is 1.94. The van der Waals surface area contributed by atoms with Gasteiger partial charge in [0.05, 0.1) is 32.3 Å². The molecule has 1 aromatic carbocycles. The van der Waals surface area contributed by atoms with Crippen molar-refractivity contribution in [2.24, 2.45) is 5.84 Å². The first-order chi connectivity index (χ1) is 9.72. The third-order valence-electron chi connectivity index (χ3n) is 3.49. The molecule has 6 nitrogen and oxygen atoms in total. The summed E-state index contributed by atoms with van der Waals surface area (Å²) < 4.78 is 5.36. The number of hydrogen-bond donors (Lipinski definition) is 3. The van der Waals surface area contributed by atoms with E-state index < -0.39 is 0 Å². The lowest BCUT2D eigenvalue weighted by Crippen LogP contribution is -2.46. The molecule has 20 heavy (non-hydrogen) atoms. The highest BCUT2D eigenvalue weighted by molar-refractivity contribution is 5.77. The minimum absolute atomic E-state index is 0.0615. The van der Waals surface area contributed by atoms with E-state index in [4.69, 9.17) is 10.6 Å². The van der Waals surface area contributed by atoms with E-state index in [9.17, 15) is 9.90 Å². The van der Waals surface area contributed by atoms with Crippen molar-refractivity contribution in [3.05, 3.63) is 35.4 Å². The number of hydrazine groups is 1. The average Bonchev–Trinajstić information content (AvgIpc) is 2.49. The van der Waals surface area contributed by atoms with Gasteiger partial charge >= 0.3 is 0 Å². The Morgan fingerprint density at radius 3 is 2.75 bits per heavy atom. The molecule has 0 spiro atoms.